The third-order valence-corrected chi connectivity index (χ3v) is 4.06. The molecule has 30 heavy (non-hydrogen) atoms. The summed E-state index contributed by atoms with van der Waals surface area (Å²) >= 11 is 0. The van der Waals surface area contributed by atoms with Crippen LogP contribution in [0.2, 0.25) is 0 Å². The molecule has 0 spiro atoms. The molecule has 0 aliphatic rings. The maximum absolute atomic E-state index is 13.6. The third kappa shape index (κ3) is 4.19. The molecule has 11 heteroatoms. The average Bonchev–Trinajstić information content (AvgIpc) is 3.06. The van der Waals surface area contributed by atoms with Crippen molar-refractivity contribution in [2.24, 2.45) is 0 Å². The van der Waals surface area contributed by atoms with Crippen molar-refractivity contribution in [1.82, 2.24) is 15.0 Å². The van der Waals surface area contributed by atoms with E-state index in [1.807, 2.05) is 0 Å². The fourth-order valence-corrected chi connectivity index (χ4v) is 2.69. The second-order valence-electron chi connectivity index (χ2n) is 6.22. The number of hydrogen-bond donors (Lipinski definition) is 3. The maximum atomic E-state index is 13.6. The van der Waals surface area contributed by atoms with Crippen molar-refractivity contribution in [3.8, 4) is 5.75 Å². The molecule has 4 aromatic rings. The molecule has 2 aromatic carbocycles. The number of halogens is 3. The average molecular weight is 417 g/mol. The van der Waals surface area contributed by atoms with Crippen molar-refractivity contribution in [3.63, 3.8) is 0 Å². The van der Waals surface area contributed by atoms with Crippen molar-refractivity contribution < 1.29 is 22.3 Å². The number of nitrogens with zero attached hydrogens (tertiary/aromatic N) is 2. The Morgan fingerprint density at radius 1 is 1.13 bits per heavy atom. The summed E-state index contributed by atoms with van der Waals surface area (Å²) in [4.78, 5) is 22.3. The number of aromatic amines is 1. The van der Waals surface area contributed by atoms with E-state index in [4.69, 9.17) is 4.42 Å². The fourth-order valence-electron chi connectivity index (χ4n) is 2.69. The van der Waals surface area contributed by atoms with Gasteiger partial charge < -0.3 is 19.8 Å². The summed E-state index contributed by atoms with van der Waals surface area (Å²) in [7, 11) is 0. The number of aromatic nitrogens is 3. The molecule has 0 radical (unpaired) electrons. The molecule has 0 bridgehead atoms. The summed E-state index contributed by atoms with van der Waals surface area (Å²) in [5.74, 6) is -1.45. The van der Waals surface area contributed by atoms with Crippen LogP contribution in [0.3, 0.4) is 0 Å². The Kier molecular flexibility index (Phi) is 5.00. The van der Waals surface area contributed by atoms with Gasteiger partial charge in [0.1, 0.15) is 5.82 Å². The molecule has 2 aromatic heterocycles. The van der Waals surface area contributed by atoms with Crippen molar-refractivity contribution in [1.29, 1.82) is 0 Å². The molecule has 0 aliphatic carbocycles. The number of anilines is 4. The van der Waals surface area contributed by atoms with Crippen LogP contribution >= 0.6 is 0 Å². The first kappa shape index (κ1) is 19.3. The highest BCUT2D eigenvalue weighted by molar-refractivity contribution is 5.78. The highest BCUT2D eigenvalue weighted by Crippen LogP contribution is 2.26. The topological polar surface area (TPSA) is 105 Å². The van der Waals surface area contributed by atoms with Gasteiger partial charge in [-0.25, -0.2) is 14.2 Å². The monoisotopic (exact) mass is 417 g/mol. The third-order valence-electron chi connectivity index (χ3n) is 4.06. The highest BCUT2D eigenvalue weighted by Gasteiger charge is 2.12. The number of benzene rings is 2. The van der Waals surface area contributed by atoms with E-state index >= 15 is 0 Å². The molecule has 8 nitrogen and oxygen atoms in total. The first-order chi connectivity index (χ1) is 14.4. The van der Waals surface area contributed by atoms with E-state index in [0.29, 0.717) is 22.6 Å². The van der Waals surface area contributed by atoms with Gasteiger partial charge in [0.05, 0.1) is 5.52 Å². The summed E-state index contributed by atoms with van der Waals surface area (Å²) in [5, 5.41) is 5.92. The lowest BCUT2D eigenvalue weighted by molar-refractivity contribution is -0.0521. The Morgan fingerprint density at radius 3 is 2.70 bits per heavy atom. The van der Waals surface area contributed by atoms with Gasteiger partial charge in [0.2, 0.25) is 5.95 Å². The largest absolute Gasteiger partial charge is 0.432 e. The number of nitrogens with one attached hydrogen (secondary N) is 3. The number of rotatable bonds is 6. The van der Waals surface area contributed by atoms with E-state index in [1.165, 1.54) is 6.07 Å². The zero-order chi connectivity index (χ0) is 21.3. The van der Waals surface area contributed by atoms with E-state index in [-0.39, 0.29) is 11.6 Å². The molecule has 154 valence electrons. The zero-order valence-electron chi connectivity index (χ0n) is 15.4. The minimum atomic E-state index is -3.15. The molecule has 0 saturated heterocycles. The number of aryl methyl sites for hydroxylation is 1. The van der Waals surface area contributed by atoms with Crippen LogP contribution in [0, 0.1) is 12.7 Å². The molecule has 0 aliphatic heterocycles. The van der Waals surface area contributed by atoms with Gasteiger partial charge in [-0.15, -0.1) is 0 Å². The molecule has 0 saturated carbocycles. The van der Waals surface area contributed by atoms with Crippen LogP contribution in [0.4, 0.5) is 36.3 Å². The minimum Gasteiger partial charge on any atom is -0.432 e. The summed E-state index contributed by atoms with van der Waals surface area (Å²) in [5.41, 5.74) is 2.57. The molecule has 0 atom stereocenters. The van der Waals surface area contributed by atoms with E-state index in [2.05, 4.69) is 30.3 Å². The molecule has 3 N–H and O–H groups in total. The first-order valence-corrected chi connectivity index (χ1v) is 8.62. The lowest BCUT2D eigenvalue weighted by atomic mass is 10.2. The predicted octanol–water partition coefficient (Wildman–Crippen LogP) is 4.45. The summed E-state index contributed by atoms with van der Waals surface area (Å²) in [6, 6.07) is 8.45. The van der Waals surface area contributed by atoms with Gasteiger partial charge in [0, 0.05) is 29.2 Å². The van der Waals surface area contributed by atoms with Crippen LogP contribution in [-0.4, -0.2) is 21.6 Å². The number of alkyl halides is 2. The number of ether oxygens (including phenoxy) is 1. The standard InChI is InChI=1S/C19H14F3N5O3/c1-9-8-23-18(25-11-2-4-12(20)15(7-11)29-17(21)22)27-16(9)24-10-3-5-14-13(6-10)26-19(28)30-14/h2-8,17H,1H3,(H,26,28)(H2,23,24,25,27). The lowest BCUT2D eigenvalue weighted by Gasteiger charge is -2.12. The molecule has 0 fully saturated rings. The van der Waals surface area contributed by atoms with Gasteiger partial charge in [0.15, 0.2) is 17.1 Å². The second kappa shape index (κ2) is 7.78. The van der Waals surface area contributed by atoms with Crippen LogP contribution in [0.5, 0.6) is 5.75 Å². The Labute approximate surface area is 166 Å². The first-order valence-electron chi connectivity index (χ1n) is 8.62. The SMILES string of the molecule is Cc1cnc(Nc2ccc(F)c(OC(F)F)c2)nc1Nc1ccc2oc(=O)[nH]c2c1. The van der Waals surface area contributed by atoms with Crippen molar-refractivity contribution in [3.05, 3.63) is 64.5 Å². The van der Waals surface area contributed by atoms with E-state index < -0.39 is 23.9 Å². The molecule has 4 rings (SSSR count). The fraction of sp³-hybridized carbons (Fsp3) is 0.105. The summed E-state index contributed by atoms with van der Waals surface area (Å²) in [6.45, 7) is -1.36. The molecule has 0 unspecified atom stereocenters. The normalized spacial score (nSPS) is 11.1. The number of oxazole rings is 1. The number of hydrogen-bond acceptors (Lipinski definition) is 7. The van der Waals surface area contributed by atoms with Gasteiger partial charge in [-0.05, 0) is 37.3 Å². The second-order valence-corrected chi connectivity index (χ2v) is 6.22. The Hall–Kier alpha value is -4.02. The van der Waals surface area contributed by atoms with Gasteiger partial charge >= 0.3 is 12.4 Å². The Balaban J connectivity index is 1.57. The zero-order valence-corrected chi connectivity index (χ0v) is 15.4. The van der Waals surface area contributed by atoms with Gasteiger partial charge in [-0.3, -0.25) is 4.98 Å². The van der Waals surface area contributed by atoms with Crippen molar-refractivity contribution in [2.75, 3.05) is 10.6 Å². The minimum absolute atomic E-state index is 0.149. The lowest BCUT2D eigenvalue weighted by Crippen LogP contribution is -2.05. The van der Waals surface area contributed by atoms with Crippen LogP contribution in [0.25, 0.3) is 11.1 Å². The summed E-state index contributed by atoms with van der Waals surface area (Å²) < 4.78 is 47.5. The van der Waals surface area contributed by atoms with Crippen LogP contribution in [0.15, 0.2) is 51.8 Å². The highest BCUT2D eigenvalue weighted by atomic mass is 19.3. The van der Waals surface area contributed by atoms with Gasteiger partial charge in [-0.2, -0.15) is 13.8 Å². The Bertz CT molecular complexity index is 1270. The Morgan fingerprint density at radius 2 is 1.90 bits per heavy atom. The van der Waals surface area contributed by atoms with E-state index in [1.54, 1.807) is 31.3 Å². The maximum Gasteiger partial charge on any atom is 0.417 e. The van der Waals surface area contributed by atoms with Crippen LogP contribution in [0.1, 0.15) is 5.56 Å². The smallest absolute Gasteiger partial charge is 0.417 e. The number of H-pyrrole nitrogens is 1. The predicted molar refractivity (Wildman–Crippen MR) is 103 cm³/mol. The quantitative estimate of drug-likeness (QED) is 0.426. The van der Waals surface area contributed by atoms with Gasteiger partial charge in [0.25, 0.3) is 0 Å². The molecular weight excluding hydrogens is 403 g/mol. The molecule has 2 heterocycles. The molecular formula is C19H14F3N5O3. The van der Waals surface area contributed by atoms with Crippen molar-refractivity contribution in [2.45, 2.75) is 13.5 Å². The van der Waals surface area contributed by atoms with Gasteiger partial charge in [-0.1, -0.05) is 0 Å². The van der Waals surface area contributed by atoms with E-state index in [9.17, 15) is 18.0 Å². The van der Waals surface area contributed by atoms with E-state index in [0.717, 1.165) is 17.7 Å². The summed E-state index contributed by atoms with van der Waals surface area (Å²) in [6.07, 6.45) is 1.55. The van der Waals surface area contributed by atoms with Crippen LogP contribution in [-0.2, 0) is 0 Å². The van der Waals surface area contributed by atoms with Crippen LogP contribution < -0.4 is 21.1 Å². The number of fused-ring (bicyclic) bond motifs is 1. The van der Waals surface area contributed by atoms with Crippen molar-refractivity contribution >= 4 is 34.2 Å². The molecule has 0 amide bonds.